The molecular formula is C14H11N3O3. The Morgan fingerprint density at radius 3 is 2.65 bits per heavy atom. The number of benzene rings is 2. The summed E-state index contributed by atoms with van der Waals surface area (Å²) in [5, 5.41) is 13.6. The number of para-hydroxylation sites is 1. The fourth-order valence-corrected chi connectivity index (χ4v) is 1.88. The van der Waals surface area contributed by atoms with E-state index in [0.717, 1.165) is 11.3 Å². The molecule has 6 nitrogen and oxygen atoms in total. The number of nitrogens with zero attached hydrogens (tertiary/aromatic N) is 2. The van der Waals surface area contributed by atoms with Crippen molar-refractivity contribution in [2.45, 2.75) is 6.61 Å². The summed E-state index contributed by atoms with van der Waals surface area (Å²) in [5.41, 5.74) is 2.63. The third-order valence-electron chi connectivity index (χ3n) is 2.91. The third-order valence-corrected chi connectivity index (χ3v) is 2.91. The van der Waals surface area contributed by atoms with Crippen molar-refractivity contribution in [3.63, 3.8) is 0 Å². The molecule has 100 valence electrons. The van der Waals surface area contributed by atoms with E-state index in [4.69, 9.17) is 4.74 Å². The summed E-state index contributed by atoms with van der Waals surface area (Å²) in [6.45, 7) is 0.453. The number of non-ortho nitro benzene ring substituents is 1. The minimum absolute atomic E-state index is 0.0485. The molecule has 2 aromatic rings. The first-order valence-electron chi connectivity index (χ1n) is 6.03. The number of nitro groups is 1. The Bertz CT molecular complexity index is 680. The first kappa shape index (κ1) is 12.2. The van der Waals surface area contributed by atoms with Crippen LogP contribution in [0, 0.1) is 10.1 Å². The number of amidine groups is 1. The van der Waals surface area contributed by atoms with Gasteiger partial charge >= 0.3 is 0 Å². The van der Waals surface area contributed by atoms with Gasteiger partial charge in [0.1, 0.15) is 6.61 Å². The molecule has 1 aliphatic heterocycles. The van der Waals surface area contributed by atoms with E-state index in [1.165, 1.54) is 12.1 Å². The lowest BCUT2D eigenvalue weighted by Crippen LogP contribution is -2.18. The van der Waals surface area contributed by atoms with Gasteiger partial charge in [-0.3, -0.25) is 10.1 Å². The molecule has 1 heterocycles. The van der Waals surface area contributed by atoms with Gasteiger partial charge in [0.25, 0.3) is 11.7 Å². The number of nitrogens with one attached hydrogen (secondary N) is 1. The van der Waals surface area contributed by atoms with Gasteiger partial charge in [0.15, 0.2) is 0 Å². The molecule has 0 aromatic heterocycles. The summed E-state index contributed by atoms with van der Waals surface area (Å²) >= 11 is 0. The van der Waals surface area contributed by atoms with Crippen LogP contribution >= 0.6 is 0 Å². The van der Waals surface area contributed by atoms with Crippen LogP contribution in [-0.2, 0) is 11.3 Å². The van der Waals surface area contributed by atoms with Crippen molar-refractivity contribution < 1.29 is 9.66 Å². The van der Waals surface area contributed by atoms with Gasteiger partial charge in [0.2, 0.25) is 0 Å². The first-order chi connectivity index (χ1) is 9.72. The molecule has 0 amide bonds. The summed E-state index contributed by atoms with van der Waals surface area (Å²) in [5.74, 6) is 0. The molecule has 1 aliphatic rings. The molecule has 0 unspecified atom stereocenters. The molecule has 0 spiro atoms. The SMILES string of the molecule is O=[N+]([O-])c1ccc(NC2=Nc3ccccc3CO2)cc1. The number of ether oxygens (including phenoxy) is 1. The summed E-state index contributed by atoms with van der Waals surface area (Å²) in [6, 6.07) is 14.2. The van der Waals surface area contributed by atoms with E-state index >= 15 is 0 Å². The molecule has 2 aromatic carbocycles. The average molecular weight is 269 g/mol. The highest BCUT2D eigenvalue weighted by atomic mass is 16.6. The second-order valence-electron chi connectivity index (χ2n) is 4.26. The van der Waals surface area contributed by atoms with Gasteiger partial charge in [-0.15, -0.1) is 0 Å². The van der Waals surface area contributed by atoms with Gasteiger partial charge in [-0.1, -0.05) is 18.2 Å². The van der Waals surface area contributed by atoms with E-state index in [1.54, 1.807) is 12.1 Å². The van der Waals surface area contributed by atoms with Gasteiger partial charge in [-0.05, 0) is 18.2 Å². The summed E-state index contributed by atoms with van der Waals surface area (Å²) in [4.78, 5) is 14.5. The number of nitro benzene ring substituents is 1. The number of anilines is 1. The highest BCUT2D eigenvalue weighted by Crippen LogP contribution is 2.24. The summed E-state index contributed by atoms with van der Waals surface area (Å²) in [6.07, 6.45) is 0. The van der Waals surface area contributed by atoms with Crippen LogP contribution in [0.2, 0.25) is 0 Å². The zero-order valence-electron chi connectivity index (χ0n) is 10.4. The van der Waals surface area contributed by atoms with Gasteiger partial charge in [-0.25, -0.2) is 0 Å². The van der Waals surface area contributed by atoms with Gasteiger partial charge in [0.05, 0.1) is 10.6 Å². The molecule has 20 heavy (non-hydrogen) atoms. The second kappa shape index (κ2) is 5.00. The van der Waals surface area contributed by atoms with Crippen molar-refractivity contribution in [2.24, 2.45) is 4.99 Å². The quantitative estimate of drug-likeness (QED) is 0.670. The molecule has 0 aliphatic carbocycles. The van der Waals surface area contributed by atoms with Crippen LogP contribution in [-0.4, -0.2) is 10.9 Å². The van der Waals surface area contributed by atoms with E-state index in [-0.39, 0.29) is 5.69 Å². The fourth-order valence-electron chi connectivity index (χ4n) is 1.88. The van der Waals surface area contributed by atoms with Gasteiger partial charge < -0.3 is 10.1 Å². The molecule has 0 saturated heterocycles. The normalized spacial score (nSPS) is 12.9. The van der Waals surface area contributed by atoms with E-state index in [0.29, 0.717) is 18.3 Å². The number of rotatable bonds is 2. The van der Waals surface area contributed by atoms with Crippen molar-refractivity contribution >= 4 is 23.1 Å². The molecule has 0 atom stereocenters. The highest BCUT2D eigenvalue weighted by molar-refractivity contribution is 5.92. The molecule has 0 saturated carbocycles. The Morgan fingerprint density at radius 2 is 1.90 bits per heavy atom. The summed E-state index contributed by atoms with van der Waals surface area (Å²) < 4.78 is 5.49. The molecule has 6 heteroatoms. The van der Waals surface area contributed by atoms with E-state index in [2.05, 4.69) is 10.3 Å². The predicted octanol–water partition coefficient (Wildman–Crippen LogP) is 3.22. The molecule has 0 fully saturated rings. The monoisotopic (exact) mass is 269 g/mol. The Kier molecular flexibility index (Phi) is 3.04. The van der Waals surface area contributed by atoms with Crippen LogP contribution in [0.4, 0.5) is 17.1 Å². The number of fused-ring (bicyclic) bond motifs is 1. The van der Waals surface area contributed by atoms with E-state index in [9.17, 15) is 10.1 Å². The second-order valence-corrected chi connectivity index (χ2v) is 4.26. The minimum Gasteiger partial charge on any atom is -0.460 e. The lowest BCUT2D eigenvalue weighted by atomic mass is 10.2. The topological polar surface area (TPSA) is 76.8 Å². The largest absolute Gasteiger partial charge is 0.460 e. The molecule has 0 radical (unpaired) electrons. The number of aliphatic imine (C=N–C) groups is 1. The van der Waals surface area contributed by atoms with Crippen molar-refractivity contribution in [2.75, 3.05) is 5.32 Å². The molecule has 0 bridgehead atoms. The number of hydrogen-bond donors (Lipinski definition) is 1. The Morgan fingerprint density at radius 1 is 1.15 bits per heavy atom. The molecular weight excluding hydrogens is 258 g/mol. The van der Waals surface area contributed by atoms with Gasteiger partial charge in [-0.2, -0.15) is 4.99 Å². The molecule has 3 rings (SSSR count). The zero-order chi connectivity index (χ0) is 13.9. The highest BCUT2D eigenvalue weighted by Gasteiger charge is 2.12. The summed E-state index contributed by atoms with van der Waals surface area (Å²) in [7, 11) is 0. The minimum atomic E-state index is -0.436. The van der Waals surface area contributed by atoms with Crippen molar-refractivity contribution in [1.29, 1.82) is 0 Å². The maximum atomic E-state index is 10.6. The van der Waals surface area contributed by atoms with Gasteiger partial charge in [0, 0.05) is 23.4 Å². The zero-order valence-corrected chi connectivity index (χ0v) is 10.4. The van der Waals surface area contributed by atoms with Crippen LogP contribution in [0.1, 0.15) is 5.56 Å². The molecule has 1 N–H and O–H groups in total. The average Bonchev–Trinajstić information content (AvgIpc) is 2.48. The smallest absolute Gasteiger partial charge is 0.294 e. The maximum Gasteiger partial charge on any atom is 0.294 e. The third kappa shape index (κ3) is 2.44. The maximum absolute atomic E-state index is 10.6. The predicted molar refractivity (Wildman–Crippen MR) is 75.0 cm³/mol. The van der Waals surface area contributed by atoms with Crippen LogP contribution < -0.4 is 5.32 Å². The Balaban J connectivity index is 1.79. The van der Waals surface area contributed by atoms with Crippen LogP contribution in [0.25, 0.3) is 0 Å². The van der Waals surface area contributed by atoms with Crippen LogP contribution in [0.3, 0.4) is 0 Å². The standard InChI is InChI=1S/C14H11N3O3/c18-17(19)12-7-5-11(6-8-12)15-14-16-13-4-2-1-3-10(13)9-20-14/h1-8H,9H2,(H,15,16). The van der Waals surface area contributed by atoms with Crippen LogP contribution in [0.5, 0.6) is 0 Å². The van der Waals surface area contributed by atoms with Crippen LogP contribution in [0.15, 0.2) is 53.5 Å². The Hall–Kier alpha value is -2.89. The first-order valence-corrected chi connectivity index (χ1v) is 6.03. The lowest BCUT2D eigenvalue weighted by molar-refractivity contribution is -0.384. The number of hydrogen-bond acceptors (Lipinski definition) is 5. The fraction of sp³-hybridized carbons (Fsp3) is 0.0714. The van der Waals surface area contributed by atoms with Crippen molar-refractivity contribution in [1.82, 2.24) is 0 Å². The van der Waals surface area contributed by atoms with Crippen molar-refractivity contribution in [3.8, 4) is 0 Å². The Labute approximate surface area is 114 Å². The van der Waals surface area contributed by atoms with E-state index < -0.39 is 4.92 Å². The lowest BCUT2D eigenvalue weighted by Gasteiger charge is -2.17. The van der Waals surface area contributed by atoms with Crippen molar-refractivity contribution in [3.05, 3.63) is 64.2 Å². The van der Waals surface area contributed by atoms with E-state index in [1.807, 2.05) is 24.3 Å².